The number of aryl methyl sites for hydroxylation is 2. The van der Waals surface area contributed by atoms with Crippen molar-refractivity contribution in [1.29, 1.82) is 0 Å². The molecule has 0 aliphatic rings. The molecule has 4 heteroatoms. The average molecular weight is 719 g/mol. The zero-order valence-corrected chi connectivity index (χ0v) is 31.3. The first-order valence-electron chi connectivity index (χ1n) is 18.9. The summed E-state index contributed by atoms with van der Waals surface area (Å²) >= 11 is 0. The topological polar surface area (TPSA) is 51.6 Å². The van der Waals surface area contributed by atoms with E-state index in [9.17, 15) is 0 Å². The Kier molecular flexibility index (Phi) is 9.36. The van der Waals surface area contributed by atoms with Gasteiger partial charge in [-0.2, -0.15) is 0 Å². The second kappa shape index (κ2) is 15.2. The minimum absolute atomic E-state index is 0.604. The van der Waals surface area contributed by atoms with E-state index in [1.807, 2.05) is 67.6 Å². The van der Waals surface area contributed by atoms with Crippen molar-refractivity contribution in [3.05, 3.63) is 206 Å². The molecule has 7 aromatic carbocycles. The zero-order chi connectivity index (χ0) is 37.8. The summed E-state index contributed by atoms with van der Waals surface area (Å²) < 4.78 is 0. The van der Waals surface area contributed by atoms with Gasteiger partial charge in [-0.1, -0.05) is 170 Å². The fourth-order valence-electron chi connectivity index (χ4n) is 7.50. The van der Waals surface area contributed by atoms with E-state index in [2.05, 4.69) is 140 Å². The van der Waals surface area contributed by atoms with Gasteiger partial charge in [-0.15, -0.1) is 0 Å². The summed E-state index contributed by atoms with van der Waals surface area (Å²) in [5.74, 6) is 1.85. The number of hydrogen-bond acceptors (Lipinski definition) is 4. The smallest absolute Gasteiger partial charge is 0.164 e. The van der Waals surface area contributed by atoms with Gasteiger partial charge in [0.15, 0.2) is 17.5 Å². The molecule has 0 amide bonds. The predicted molar refractivity (Wildman–Crippen MR) is 231 cm³/mol. The third-order valence-electron chi connectivity index (χ3n) is 10.2. The van der Waals surface area contributed by atoms with Crippen LogP contribution in [-0.2, 0) is 0 Å². The minimum atomic E-state index is 0.604. The minimum Gasteiger partial charge on any atom is -0.258 e. The van der Waals surface area contributed by atoms with Crippen LogP contribution in [-0.4, -0.2) is 19.9 Å². The summed E-state index contributed by atoms with van der Waals surface area (Å²) in [7, 11) is 0. The van der Waals surface area contributed by atoms with Gasteiger partial charge in [0.2, 0.25) is 0 Å². The van der Waals surface area contributed by atoms with Gasteiger partial charge in [-0.05, 0) is 88.2 Å². The molecule has 56 heavy (non-hydrogen) atoms. The van der Waals surface area contributed by atoms with E-state index in [4.69, 9.17) is 19.9 Å². The van der Waals surface area contributed by atoms with Crippen LogP contribution in [0.1, 0.15) is 11.4 Å². The van der Waals surface area contributed by atoms with E-state index in [-0.39, 0.29) is 0 Å². The Bertz CT molecular complexity index is 2740. The standard InChI is InChI=1S/C52H38N4/c1-35-30-31-44(36(2)53-35)49-47(38-20-9-4-10-21-38)28-17-29-48(49)42-32-41(46-27-16-15-26-45(46)37-18-7-3-8-19-37)33-43(34-42)52-55-50(39-22-11-5-12-23-39)54-51(56-52)40-24-13-6-14-25-40/h3-34H,1-2H3. The van der Waals surface area contributed by atoms with Gasteiger partial charge in [0.1, 0.15) is 0 Å². The lowest BCUT2D eigenvalue weighted by Crippen LogP contribution is -2.01. The molecule has 0 bridgehead atoms. The molecule has 0 saturated carbocycles. The summed E-state index contributed by atoms with van der Waals surface area (Å²) in [6, 6.07) is 67.8. The maximum absolute atomic E-state index is 5.19. The number of aromatic nitrogens is 4. The van der Waals surface area contributed by atoms with E-state index in [1.165, 1.54) is 0 Å². The van der Waals surface area contributed by atoms with Crippen molar-refractivity contribution in [2.24, 2.45) is 0 Å². The molecule has 0 unspecified atom stereocenters. The molecular formula is C52H38N4. The van der Waals surface area contributed by atoms with Crippen LogP contribution in [0.15, 0.2) is 194 Å². The second-order valence-electron chi connectivity index (χ2n) is 13.9. The van der Waals surface area contributed by atoms with Crippen LogP contribution in [0.2, 0.25) is 0 Å². The van der Waals surface area contributed by atoms with Crippen molar-refractivity contribution in [2.45, 2.75) is 13.8 Å². The summed E-state index contributed by atoms with van der Waals surface area (Å²) in [5, 5.41) is 0. The van der Waals surface area contributed by atoms with Crippen LogP contribution in [0.3, 0.4) is 0 Å². The van der Waals surface area contributed by atoms with Crippen LogP contribution < -0.4 is 0 Å². The normalized spacial score (nSPS) is 11.0. The maximum atomic E-state index is 5.19. The molecule has 9 rings (SSSR count). The predicted octanol–water partition coefficient (Wildman–Crippen LogP) is 13.2. The lowest BCUT2D eigenvalue weighted by atomic mass is 9.85. The average Bonchev–Trinajstić information content (AvgIpc) is 3.27. The van der Waals surface area contributed by atoms with Gasteiger partial charge >= 0.3 is 0 Å². The first-order chi connectivity index (χ1) is 27.6. The fraction of sp³-hybridized carbons (Fsp3) is 0.0385. The molecule has 4 nitrogen and oxygen atoms in total. The molecule has 2 heterocycles. The molecule has 0 radical (unpaired) electrons. The molecule has 0 N–H and O–H groups in total. The Hall–Kier alpha value is -7.30. The number of pyridine rings is 1. The largest absolute Gasteiger partial charge is 0.258 e. The Balaban J connectivity index is 1.35. The van der Waals surface area contributed by atoms with E-state index in [0.29, 0.717) is 17.5 Å². The Morgan fingerprint density at radius 2 is 0.643 bits per heavy atom. The van der Waals surface area contributed by atoms with Crippen molar-refractivity contribution in [3.8, 4) is 89.8 Å². The van der Waals surface area contributed by atoms with E-state index in [1.54, 1.807) is 0 Å². The summed E-state index contributed by atoms with van der Waals surface area (Å²) in [4.78, 5) is 20.3. The van der Waals surface area contributed by atoms with Crippen LogP contribution in [0.25, 0.3) is 89.8 Å². The molecule has 0 fully saturated rings. The lowest BCUT2D eigenvalue weighted by Gasteiger charge is -2.20. The molecule has 0 aliphatic heterocycles. The van der Waals surface area contributed by atoms with E-state index >= 15 is 0 Å². The summed E-state index contributed by atoms with van der Waals surface area (Å²) in [5.41, 5.74) is 15.9. The van der Waals surface area contributed by atoms with Crippen molar-refractivity contribution >= 4 is 0 Å². The third-order valence-corrected chi connectivity index (χ3v) is 10.2. The lowest BCUT2D eigenvalue weighted by molar-refractivity contribution is 1.07. The monoisotopic (exact) mass is 718 g/mol. The summed E-state index contributed by atoms with van der Waals surface area (Å²) in [6.07, 6.45) is 0. The van der Waals surface area contributed by atoms with Gasteiger partial charge in [0.05, 0.1) is 0 Å². The highest BCUT2D eigenvalue weighted by Gasteiger charge is 2.20. The molecule has 9 aromatic rings. The van der Waals surface area contributed by atoms with E-state index < -0.39 is 0 Å². The van der Waals surface area contributed by atoms with Crippen molar-refractivity contribution in [2.75, 3.05) is 0 Å². The third kappa shape index (κ3) is 6.92. The van der Waals surface area contributed by atoms with Crippen molar-refractivity contribution in [3.63, 3.8) is 0 Å². The molecule has 0 aliphatic carbocycles. The molecular weight excluding hydrogens is 681 g/mol. The van der Waals surface area contributed by atoms with Crippen LogP contribution in [0, 0.1) is 13.8 Å². The Morgan fingerprint density at radius 3 is 1.16 bits per heavy atom. The van der Waals surface area contributed by atoms with Gasteiger partial charge in [-0.25, -0.2) is 15.0 Å². The number of nitrogens with zero attached hydrogens (tertiary/aromatic N) is 4. The number of rotatable bonds is 8. The first kappa shape index (κ1) is 34.5. The van der Waals surface area contributed by atoms with Crippen LogP contribution in [0.5, 0.6) is 0 Å². The van der Waals surface area contributed by atoms with Gasteiger partial charge in [0.25, 0.3) is 0 Å². The van der Waals surface area contributed by atoms with Crippen molar-refractivity contribution < 1.29 is 0 Å². The molecule has 0 saturated heterocycles. The highest BCUT2D eigenvalue weighted by molar-refractivity contribution is 5.97. The summed E-state index contributed by atoms with van der Waals surface area (Å²) in [6.45, 7) is 4.15. The SMILES string of the molecule is Cc1ccc(-c2c(-c3ccccc3)cccc2-c2cc(-c3nc(-c4ccccc4)nc(-c4ccccc4)n3)cc(-c3ccccc3-c3ccccc3)c2)c(C)n1. The van der Waals surface area contributed by atoms with Gasteiger partial charge in [-0.3, -0.25) is 4.98 Å². The quantitative estimate of drug-likeness (QED) is 0.157. The number of benzene rings is 7. The Labute approximate surface area is 327 Å². The molecule has 0 atom stereocenters. The Morgan fingerprint density at radius 1 is 0.268 bits per heavy atom. The van der Waals surface area contributed by atoms with Gasteiger partial charge in [0, 0.05) is 33.6 Å². The highest BCUT2D eigenvalue weighted by Crippen LogP contribution is 2.44. The zero-order valence-electron chi connectivity index (χ0n) is 31.3. The molecule has 266 valence electrons. The van der Waals surface area contributed by atoms with Gasteiger partial charge < -0.3 is 0 Å². The fourth-order valence-corrected chi connectivity index (χ4v) is 7.50. The second-order valence-corrected chi connectivity index (χ2v) is 13.9. The van der Waals surface area contributed by atoms with Crippen molar-refractivity contribution in [1.82, 2.24) is 19.9 Å². The van der Waals surface area contributed by atoms with Crippen LogP contribution in [0.4, 0.5) is 0 Å². The molecule has 2 aromatic heterocycles. The first-order valence-corrected chi connectivity index (χ1v) is 18.9. The maximum Gasteiger partial charge on any atom is 0.164 e. The van der Waals surface area contributed by atoms with Crippen LogP contribution >= 0.6 is 0 Å². The van der Waals surface area contributed by atoms with E-state index in [0.717, 1.165) is 83.7 Å². The highest BCUT2D eigenvalue weighted by atomic mass is 15.0. The molecule has 0 spiro atoms. The number of hydrogen-bond donors (Lipinski definition) is 0.